The van der Waals surface area contributed by atoms with Crippen molar-refractivity contribution in [2.75, 3.05) is 36.1 Å². The van der Waals surface area contributed by atoms with Gasteiger partial charge < -0.3 is 15.6 Å². The topological polar surface area (TPSA) is 67.4 Å². The Morgan fingerprint density at radius 3 is 2.44 bits per heavy atom. The summed E-state index contributed by atoms with van der Waals surface area (Å²) < 4.78 is 2.05. The summed E-state index contributed by atoms with van der Waals surface area (Å²) in [5.74, 6) is -0.437. The molecule has 128 valence electrons. The Bertz CT molecular complexity index is 913. The Balaban J connectivity index is 1.51. The molecule has 0 saturated carbocycles. The first-order valence-corrected chi connectivity index (χ1v) is 8.52. The minimum absolute atomic E-state index is 0.437. The lowest BCUT2D eigenvalue weighted by Crippen LogP contribution is -2.51. The van der Waals surface area contributed by atoms with Crippen molar-refractivity contribution in [1.82, 2.24) is 9.66 Å². The molecule has 2 aromatic carbocycles. The highest BCUT2D eigenvalue weighted by Gasteiger charge is 2.19. The summed E-state index contributed by atoms with van der Waals surface area (Å²) >= 11 is 5.96. The molecule has 1 amide bonds. The van der Waals surface area contributed by atoms with Crippen LogP contribution in [-0.4, -0.2) is 41.7 Å². The summed E-state index contributed by atoms with van der Waals surface area (Å²) in [7, 11) is 0. The van der Waals surface area contributed by atoms with Crippen LogP contribution in [0.5, 0.6) is 0 Å². The third-order valence-corrected chi connectivity index (χ3v) is 4.82. The first-order chi connectivity index (χ1) is 12.1. The van der Waals surface area contributed by atoms with Gasteiger partial charge in [0.1, 0.15) is 6.33 Å². The molecular formula is C18H18ClN5O. The molecule has 1 fully saturated rings. The molecule has 6 nitrogen and oxygen atoms in total. The van der Waals surface area contributed by atoms with E-state index in [1.54, 1.807) is 18.5 Å². The highest BCUT2D eigenvalue weighted by Crippen LogP contribution is 2.20. The molecule has 2 heterocycles. The van der Waals surface area contributed by atoms with E-state index < -0.39 is 5.91 Å². The fourth-order valence-electron chi connectivity index (χ4n) is 3.20. The number of amides is 1. The number of anilines is 1. The summed E-state index contributed by atoms with van der Waals surface area (Å²) in [6.45, 7) is 3.60. The van der Waals surface area contributed by atoms with Crippen LogP contribution in [0.25, 0.3) is 11.0 Å². The zero-order valence-electron chi connectivity index (χ0n) is 13.6. The third kappa shape index (κ3) is 3.00. The Morgan fingerprint density at radius 2 is 1.76 bits per heavy atom. The van der Waals surface area contributed by atoms with Crippen LogP contribution in [0.1, 0.15) is 10.4 Å². The van der Waals surface area contributed by atoms with Crippen molar-refractivity contribution in [3.05, 3.63) is 59.4 Å². The monoisotopic (exact) mass is 355 g/mol. The lowest BCUT2D eigenvalue weighted by molar-refractivity contribution is 0.100. The lowest BCUT2D eigenvalue weighted by Gasteiger charge is -2.37. The lowest BCUT2D eigenvalue weighted by atomic mass is 10.2. The number of nitrogens with zero attached hydrogens (tertiary/aromatic N) is 4. The minimum atomic E-state index is -0.437. The standard InChI is InChI=1S/C18H18ClN5O/c19-14-2-4-15(5-3-14)22-7-9-23(10-8-22)24-12-21-16-11-13(18(20)25)1-6-17(16)24/h1-6,11-12H,7-10H2,(H2,20,25). The maximum atomic E-state index is 11.3. The Hall–Kier alpha value is -2.73. The van der Waals surface area contributed by atoms with Crippen LogP contribution in [0, 0.1) is 0 Å². The van der Waals surface area contributed by atoms with Gasteiger partial charge in [0.2, 0.25) is 5.91 Å². The molecule has 0 bridgehead atoms. The van der Waals surface area contributed by atoms with Gasteiger partial charge in [0.15, 0.2) is 0 Å². The van der Waals surface area contributed by atoms with Crippen molar-refractivity contribution in [2.45, 2.75) is 0 Å². The number of rotatable bonds is 3. The molecule has 1 aromatic heterocycles. The highest BCUT2D eigenvalue weighted by atomic mass is 35.5. The van der Waals surface area contributed by atoms with Crippen molar-refractivity contribution >= 4 is 34.2 Å². The third-order valence-electron chi connectivity index (χ3n) is 4.57. The van der Waals surface area contributed by atoms with E-state index in [0.717, 1.165) is 42.2 Å². The SMILES string of the molecule is NC(=O)c1ccc2c(c1)ncn2N1CCN(c2ccc(Cl)cc2)CC1. The Labute approximate surface area is 150 Å². The van der Waals surface area contributed by atoms with Crippen LogP contribution < -0.4 is 15.6 Å². The van der Waals surface area contributed by atoms with E-state index >= 15 is 0 Å². The summed E-state index contributed by atoms with van der Waals surface area (Å²) in [6, 6.07) is 13.3. The first-order valence-electron chi connectivity index (χ1n) is 8.14. The van der Waals surface area contributed by atoms with Crippen molar-refractivity contribution in [2.24, 2.45) is 5.73 Å². The second-order valence-electron chi connectivity index (χ2n) is 6.07. The van der Waals surface area contributed by atoms with Crippen LogP contribution in [0.2, 0.25) is 5.02 Å². The number of hydrogen-bond acceptors (Lipinski definition) is 4. The van der Waals surface area contributed by atoms with Gasteiger partial charge in [-0.1, -0.05) is 11.6 Å². The van der Waals surface area contributed by atoms with Crippen LogP contribution in [0.4, 0.5) is 5.69 Å². The number of imidazole rings is 1. The molecule has 7 heteroatoms. The normalized spacial score (nSPS) is 14.9. The van der Waals surface area contributed by atoms with E-state index in [2.05, 4.69) is 31.7 Å². The first kappa shape index (κ1) is 15.8. The highest BCUT2D eigenvalue weighted by molar-refractivity contribution is 6.30. The maximum Gasteiger partial charge on any atom is 0.248 e. The van der Waals surface area contributed by atoms with E-state index in [9.17, 15) is 4.79 Å². The van der Waals surface area contributed by atoms with Crippen molar-refractivity contribution < 1.29 is 4.79 Å². The van der Waals surface area contributed by atoms with Crippen molar-refractivity contribution in [3.8, 4) is 0 Å². The second kappa shape index (κ2) is 6.29. The molecule has 0 radical (unpaired) electrons. The number of aromatic nitrogens is 2. The zero-order valence-corrected chi connectivity index (χ0v) is 14.4. The van der Waals surface area contributed by atoms with Crippen LogP contribution in [0.3, 0.4) is 0 Å². The molecular weight excluding hydrogens is 338 g/mol. The molecule has 2 N–H and O–H groups in total. The van der Waals surface area contributed by atoms with Crippen LogP contribution in [0.15, 0.2) is 48.8 Å². The number of halogens is 1. The summed E-state index contributed by atoms with van der Waals surface area (Å²) in [4.78, 5) is 18.1. The fraction of sp³-hybridized carbons (Fsp3) is 0.222. The predicted molar refractivity (Wildman–Crippen MR) is 99.9 cm³/mol. The summed E-state index contributed by atoms with van der Waals surface area (Å²) in [5.41, 5.74) is 8.75. The number of primary amides is 1. The number of carbonyl (C=O) groups excluding carboxylic acids is 1. The smallest absolute Gasteiger partial charge is 0.248 e. The van der Waals surface area contributed by atoms with E-state index in [-0.39, 0.29) is 0 Å². The quantitative estimate of drug-likeness (QED) is 0.782. The van der Waals surface area contributed by atoms with Gasteiger partial charge in [0.25, 0.3) is 0 Å². The van der Waals surface area contributed by atoms with E-state index in [0.29, 0.717) is 5.56 Å². The number of benzene rings is 2. The van der Waals surface area contributed by atoms with E-state index in [4.69, 9.17) is 17.3 Å². The van der Waals surface area contributed by atoms with Crippen molar-refractivity contribution in [1.29, 1.82) is 0 Å². The second-order valence-corrected chi connectivity index (χ2v) is 6.51. The molecule has 3 aromatic rings. The van der Waals surface area contributed by atoms with Crippen LogP contribution in [-0.2, 0) is 0 Å². The zero-order chi connectivity index (χ0) is 17.4. The molecule has 0 spiro atoms. The number of piperazine rings is 1. The molecule has 1 aliphatic heterocycles. The molecule has 25 heavy (non-hydrogen) atoms. The average Bonchev–Trinajstić information content (AvgIpc) is 3.05. The molecule has 0 aliphatic carbocycles. The Kier molecular flexibility index (Phi) is 3.97. The minimum Gasteiger partial charge on any atom is -0.368 e. The van der Waals surface area contributed by atoms with Gasteiger partial charge in [-0.15, -0.1) is 0 Å². The number of fused-ring (bicyclic) bond motifs is 1. The van der Waals surface area contributed by atoms with Gasteiger partial charge in [-0.3, -0.25) is 4.79 Å². The maximum absolute atomic E-state index is 11.3. The van der Waals surface area contributed by atoms with Gasteiger partial charge in [-0.2, -0.15) is 0 Å². The van der Waals surface area contributed by atoms with Gasteiger partial charge in [0, 0.05) is 29.4 Å². The number of nitrogens with two attached hydrogens (primary N) is 1. The van der Waals surface area contributed by atoms with Gasteiger partial charge in [-0.05, 0) is 42.5 Å². The van der Waals surface area contributed by atoms with Gasteiger partial charge >= 0.3 is 0 Å². The fourth-order valence-corrected chi connectivity index (χ4v) is 3.33. The Morgan fingerprint density at radius 1 is 1.04 bits per heavy atom. The van der Waals surface area contributed by atoms with Crippen LogP contribution >= 0.6 is 11.6 Å². The van der Waals surface area contributed by atoms with Gasteiger partial charge in [0.05, 0.1) is 24.1 Å². The molecule has 1 aliphatic rings. The van der Waals surface area contributed by atoms with E-state index in [1.807, 2.05) is 18.2 Å². The molecule has 1 saturated heterocycles. The largest absolute Gasteiger partial charge is 0.368 e. The summed E-state index contributed by atoms with van der Waals surface area (Å²) in [6.07, 6.45) is 1.80. The predicted octanol–water partition coefficient (Wildman–Crippen LogP) is 2.25. The number of carbonyl (C=O) groups is 1. The summed E-state index contributed by atoms with van der Waals surface area (Å²) in [5, 5.41) is 3.01. The molecule has 0 atom stereocenters. The number of hydrogen-bond donors (Lipinski definition) is 1. The van der Waals surface area contributed by atoms with E-state index in [1.165, 1.54) is 5.69 Å². The average molecular weight is 356 g/mol. The molecule has 0 unspecified atom stereocenters. The van der Waals surface area contributed by atoms with Crippen molar-refractivity contribution in [3.63, 3.8) is 0 Å². The van der Waals surface area contributed by atoms with Gasteiger partial charge in [-0.25, -0.2) is 9.66 Å². The molecule has 4 rings (SSSR count).